The Morgan fingerprint density at radius 2 is 1.97 bits per heavy atom. The average molecular weight is 437 g/mol. The van der Waals surface area contributed by atoms with Crippen LogP contribution in [0, 0.1) is 0 Å². The normalized spacial score (nSPS) is 11.2. The number of carbonyl (C=O) groups excluding carboxylic acids is 1. The molecule has 30 heavy (non-hydrogen) atoms. The first-order valence-electron chi connectivity index (χ1n) is 8.46. The molecule has 12 heteroatoms. The molecule has 0 saturated carbocycles. The lowest BCUT2D eigenvalue weighted by atomic mass is 10.0. The fourth-order valence-corrected chi connectivity index (χ4v) is 3.35. The molecule has 0 bridgehead atoms. The van der Waals surface area contributed by atoms with Crippen molar-refractivity contribution < 1.29 is 27.9 Å². The van der Waals surface area contributed by atoms with Crippen LogP contribution in [0.2, 0.25) is 0 Å². The molecule has 0 aliphatic rings. The molecular formula is C18H14F3N5O3S. The first-order chi connectivity index (χ1) is 14.2. The Hall–Kier alpha value is -3.54. The first-order valence-corrected chi connectivity index (χ1v) is 9.34. The zero-order valence-electron chi connectivity index (χ0n) is 15.3. The number of nitrogens with zero attached hydrogens (tertiary/aromatic N) is 3. The van der Waals surface area contributed by atoms with E-state index in [0.29, 0.717) is 17.7 Å². The molecular weight excluding hydrogens is 423 g/mol. The monoisotopic (exact) mass is 437 g/mol. The number of aromatic nitrogens is 3. The minimum Gasteiger partial charge on any atom is -0.477 e. The Kier molecular flexibility index (Phi) is 5.96. The van der Waals surface area contributed by atoms with Gasteiger partial charge in [0.2, 0.25) is 0 Å². The SMILES string of the molecule is CCNC(=O)Nc1cc(-c2nc(C(F)(F)F)cs2)c(-c2ccnc(C(=O)O)c2)cn1. The standard InChI is InChI=1S/C18H14F3N5O3S/c1-2-22-17(29)26-14-6-10(15-25-13(8-30-15)18(19,20)21)11(7-24-14)9-3-4-23-12(5-9)16(27)28/h3-8H,2H2,1H3,(H,27,28)(H2,22,24,26,29). The van der Waals surface area contributed by atoms with Crippen LogP contribution in [0.15, 0.2) is 36.0 Å². The molecule has 3 N–H and O–H groups in total. The Morgan fingerprint density at radius 3 is 2.60 bits per heavy atom. The van der Waals surface area contributed by atoms with E-state index in [9.17, 15) is 22.8 Å². The molecule has 0 unspecified atom stereocenters. The van der Waals surface area contributed by atoms with Crippen LogP contribution in [0.3, 0.4) is 0 Å². The molecule has 0 aliphatic heterocycles. The lowest BCUT2D eigenvalue weighted by Crippen LogP contribution is -2.28. The van der Waals surface area contributed by atoms with Crippen LogP contribution in [0.25, 0.3) is 21.7 Å². The number of carbonyl (C=O) groups is 2. The van der Waals surface area contributed by atoms with Gasteiger partial charge in [0, 0.05) is 35.4 Å². The van der Waals surface area contributed by atoms with E-state index in [4.69, 9.17) is 5.11 Å². The quantitative estimate of drug-likeness (QED) is 0.553. The molecule has 2 amide bonds. The summed E-state index contributed by atoms with van der Waals surface area (Å²) in [5.41, 5.74) is -0.329. The molecule has 0 spiro atoms. The highest BCUT2D eigenvalue weighted by Gasteiger charge is 2.34. The molecule has 8 nitrogen and oxygen atoms in total. The fraction of sp³-hybridized carbons (Fsp3) is 0.167. The Morgan fingerprint density at radius 1 is 1.20 bits per heavy atom. The van der Waals surface area contributed by atoms with Gasteiger partial charge < -0.3 is 10.4 Å². The topological polar surface area (TPSA) is 117 Å². The Balaban J connectivity index is 2.12. The minimum absolute atomic E-state index is 0.0346. The summed E-state index contributed by atoms with van der Waals surface area (Å²) in [5, 5.41) is 15.1. The number of nitrogens with one attached hydrogen (secondary N) is 2. The lowest BCUT2D eigenvalue weighted by Gasteiger charge is -2.11. The smallest absolute Gasteiger partial charge is 0.434 e. The van der Waals surface area contributed by atoms with Crippen LogP contribution in [0.4, 0.5) is 23.8 Å². The summed E-state index contributed by atoms with van der Waals surface area (Å²) in [5.74, 6) is -1.16. The van der Waals surface area contributed by atoms with Crippen LogP contribution in [0.1, 0.15) is 23.1 Å². The number of halogens is 3. The number of amides is 2. The molecule has 3 aromatic rings. The van der Waals surface area contributed by atoms with E-state index in [1.165, 1.54) is 30.6 Å². The third-order valence-electron chi connectivity index (χ3n) is 3.80. The number of thiazole rings is 1. The van der Waals surface area contributed by atoms with E-state index in [-0.39, 0.29) is 22.1 Å². The largest absolute Gasteiger partial charge is 0.477 e. The number of carboxylic acids is 1. The van der Waals surface area contributed by atoms with Gasteiger partial charge in [-0.2, -0.15) is 13.2 Å². The highest BCUT2D eigenvalue weighted by Crippen LogP contribution is 2.38. The summed E-state index contributed by atoms with van der Waals surface area (Å²) in [6.45, 7) is 2.09. The second-order valence-electron chi connectivity index (χ2n) is 5.87. The molecule has 156 valence electrons. The van der Waals surface area contributed by atoms with Gasteiger partial charge in [-0.1, -0.05) is 0 Å². The van der Waals surface area contributed by atoms with Gasteiger partial charge in [-0.3, -0.25) is 5.32 Å². The molecule has 0 saturated heterocycles. The summed E-state index contributed by atoms with van der Waals surface area (Å²) in [4.78, 5) is 34.5. The van der Waals surface area contributed by atoms with Crippen LogP contribution >= 0.6 is 11.3 Å². The van der Waals surface area contributed by atoms with E-state index < -0.39 is 23.9 Å². The fourth-order valence-electron chi connectivity index (χ4n) is 2.49. The van der Waals surface area contributed by atoms with Gasteiger partial charge in [0.15, 0.2) is 5.69 Å². The molecule has 0 aromatic carbocycles. The van der Waals surface area contributed by atoms with Crippen LogP contribution in [-0.4, -0.2) is 38.6 Å². The maximum atomic E-state index is 13.0. The van der Waals surface area contributed by atoms with Gasteiger partial charge in [0.25, 0.3) is 0 Å². The van der Waals surface area contributed by atoms with Crippen LogP contribution < -0.4 is 10.6 Å². The number of aromatic carboxylic acids is 1. The average Bonchev–Trinajstić information content (AvgIpc) is 3.19. The zero-order valence-corrected chi connectivity index (χ0v) is 16.1. The number of pyridine rings is 2. The molecule has 3 aromatic heterocycles. The van der Waals surface area contributed by atoms with Crippen molar-refractivity contribution in [2.24, 2.45) is 0 Å². The van der Waals surface area contributed by atoms with Crippen molar-refractivity contribution in [2.45, 2.75) is 13.1 Å². The van der Waals surface area contributed by atoms with Gasteiger partial charge in [0.05, 0.1) is 0 Å². The van der Waals surface area contributed by atoms with Gasteiger partial charge in [-0.25, -0.2) is 24.5 Å². The number of hydrogen-bond acceptors (Lipinski definition) is 6. The minimum atomic E-state index is -4.61. The van der Waals surface area contributed by atoms with Gasteiger partial charge in [0.1, 0.15) is 16.5 Å². The van der Waals surface area contributed by atoms with Crippen molar-refractivity contribution in [3.8, 4) is 21.7 Å². The zero-order chi connectivity index (χ0) is 21.9. The summed E-state index contributed by atoms with van der Waals surface area (Å²) < 4.78 is 39.0. The van der Waals surface area contributed by atoms with Crippen molar-refractivity contribution in [1.82, 2.24) is 20.3 Å². The predicted octanol–water partition coefficient (Wildman–Crippen LogP) is 4.13. The maximum Gasteiger partial charge on any atom is 0.434 e. The number of rotatable bonds is 5. The van der Waals surface area contributed by atoms with Gasteiger partial charge in [-0.15, -0.1) is 11.3 Å². The molecule has 3 rings (SSSR count). The number of anilines is 1. The van der Waals surface area contributed by atoms with Gasteiger partial charge in [-0.05, 0) is 30.7 Å². The molecule has 0 aliphatic carbocycles. The molecule has 0 fully saturated rings. The number of carboxylic acid groups (broad SMARTS) is 1. The second kappa shape index (κ2) is 8.45. The lowest BCUT2D eigenvalue weighted by molar-refractivity contribution is -0.140. The number of alkyl halides is 3. The Labute approximate surface area is 171 Å². The van der Waals surface area contributed by atoms with Crippen LogP contribution in [0.5, 0.6) is 0 Å². The summed E-state index contributed by atoms with van der Waals surface area (Å²) >= 11 is 0.768. The van der Waals surface area contributed by atoms with Crippen LogP contribution in [-0.2, 0) is 6.18 Å². The highest BCUT2D eigenvalue weighted by atomic mass is 32.1. The molecule has 0 atom stereocenters. The highest BCUT2D eigenvalue weighted by molar-refractivity contribution is 7.13. The molecule has 3 heterocycles. The van der Waals surface area contributed by atoms with E-state index in [1.807, 2.05) is 0 Å². The second-order valence-corrected chi connectivity index (χ2v) is 6.73. The van der Waals surface area contributed by atoms with Crippen molar-refractivity contribution in [2.75, 3.05) is 11.9 Å². The van der Waals surface area contributed by atoms with Gasteiger partial charge >= 0.3 is 18.2 Å². The predicted molar refractivity (Wildman–Crippen MR) is 103 cm³/mol. The molecule has 0 radical (unpaired) electrons. The number of hydrogen-bond donors (Lipinski definition) is 3. The number of urea groups is 1. The van der Waals surface area contributed by atoms with E-state index in [1.54, 1.807) is 6.92 Å². The summed E-state index contributed by atoms with van der Waals surface area (Å²) in [7, 11) is 0. The van der Waals surface area contributed by atoms with Crippen molar-refractivity contribution in [3.63, 3.8) is 0 Å². The van der Waals surface area contributed by atoms with Crippen molar-refractivity contribution in [3.05, 3.63) is 47.4 Å². The summed E-state index contributed by atoms with van der Waals surface area (Å²) in [6, 6.07) is 3.63. The summed E-state index contributed by atoms with van der Waals surface area (Å²) in [6.07, 6.45) is -2.02. The van der Waals surface area contributed by atoms with E-state index >= 15 is 0 Å². The third kappa shape index (κ3) is 4.71. The van der Waals surface area contributed by atoms with Crippen molar-refractivity contribution in [1.29, 1.82) is 0 Å². The maximum absolute atomic E-state index is 13.0. The first kappa shape index (κ1) is 21.2. The Bertz CT molecular complexity index is 1100. The van der Waals surface area contributed by atoms with Crippen molar-refractivity contribution >= 4 is 29.2 Å². The van der Waals surface area contributed by atoms with E-state index in [2.05, 4.69) is 25.6 Å². The van der Waals surface area contributed by atoms with E-state index in [0.717, 1.165) is 16.7 Å². The third-order valence-corrected chi connectivity index (χ3v) is 4.67.